The predicted octanol–water partition coefficient (Wildman–Crippen LogP) is 4.79. The highest BCUT2D eigenvalue weighted by molar-refractivity contribution is 6.33. The number of alkyl halides is 3. The Labute approximate surface area is 197 Å². The smallest absolute Gasteiger partial charge is 0.416 e. The maximum Gasteiger partial charge on any atom is 0.416 e. The van der Waals surface area contributed by atoms with E-state index in [1.54, 1.807) is 0 Å². The summed E-state index contributed by atoms with van der Waals surface area (Å²) in [7, 11) is 0. The standard InChI is InChI=1S/C22H19ClF3NO5.ClH/c23-13-7-10(22(24,25)26)1-2-11(13)18-9-17(31)20-16(30)8-15(29)19(21(20)32-18)12-3-5-27-14(12)4-6-28;/h1-2,7-9,12,14,27-30H,3-6H2;1H. The van der Waals surface area contributed by atoms with Crippen LogP contribution in [0.25, 0.3) is 22.3 Å². The molecule has 11 heteroatoms. The first-order valence-electron chi connectivity index (χ1n) is 9.86. The van der Waals surface area contributed by atoms with Crippen LogP contribution in [0.2, 0.25) is 5.02 Å². The van der Waals surface area contributed by atoms with Crippen molar-refractivity contribution in [2.24, 2.45) is 0 Å². The number of hydrogen-bond acceptors (Lipinski definition) is 6. The third-order valence-corrected chi connectivity index (χ3v) is 6.03. The van der Waals surface area contributed by atoms with Gasteiger partial charge in [0.15, 0.2) is 5.43 Å². The van der Waals surface area contributed by atoms with E-state index in [1.165, 1.54) is 0 Å². The maximum atomic E-state index is 13.0. The van der Waals surface area contributed by atoms with Crippen molar-refractivity contribution in [3.63, 3.8) is 0 Å². The van der Waals surface area contributed by atoms with E-state index in [0.29, 0.717) is 19.4 Å². The first-order valence-corrected chi connectivity index (χ1v) is 10.2. The lowest BCUT2D eigenvalue weighted by atomic mass is 9.88. The number of nitrogens with one attached hydrogen (secondary N) is 1. The Morgan fingerprint density at radius 3 is 2.52 bits per heavy atom. The zero-order valence-electron chi connectivity index (χ0n) is 16.9. The SMILES string of the molecule is Cl.O=c1cc(-c2ccc(C(F)(F)F)cc2Cl)oc2c(C3CCNC3CCO)c(O)cc(O)c12. The summed E-state index contributed by atoms with van der Waals surface area (Å²) in [6.45, 7) is 0.507. The highest BCUT2D eigenvalue weighted by Gasteiger charge is 2.34. The van der Waals surface area contributed by atoms with Gasteiger partial charge in [-0.2, -0.15) is 13.2 Å². The number of aliphatic hydroxyl groups excluding tert-OH is 1. The lowest BCUT2D eigenvalue weighted by Crippen LogP contribution is -2.27. The van der Waals surface area contributed by atoms with Gasteiger partial charge >= 0.3 is 6.18 Å². The average Bonchev–Trinajstić information content (AvgIpc) is 3.14. The van der Waals surface area contributed by atoms with Crippen LogP contribution in [-0.2, 0) is 6.18 Å². The molecule has 1 fully saturated rings. The molecule has 178 valence electrons. The van der Waals surface area contributed by atoms with E-state index < -0.39 is 22.9 Å². The molecule has 4 rings (SSSR count). The third-order valence-electron chi connectivity index (χ3n) is 5.72. The Kier molecular flexibility index (Phi) is 7.18. The molecule has 2 atom stereocenters. The molecule has 2 aromatic carbocycles. The molecule has 1 saturated heterocycles. The molecule has 2 heterocycles. The number of rotatable bonds is 4. The molecule has 6 nitrogen and oxygen atoms in total. The minimum absolute atomic E-state index is 0. The fourth-order valence-electron chi connectivity index (χ4n) is 4.26. The normalized spacial score (nSPS) is 18.5. The molecule has 2 unspecified atom stereocenters. The molecule has 1 aromatic heterocycles. The molecule has 0 bridgehead atoms. The summed E-state index contributed by atoms with van der Waals surface area (Å²) in [4.78, 5) is 12.8. The van der Waals surface area contributed by atoms with E-state index >= 15 is 0 Å². The largest absolute Gasteiger partial charge is 0.507 e. The van der Waals surface area contributed by atoms with E-state index in [0.717, 1.165) is 30.3 Å². The number of hydrogen-bond donors (Lipinski definition) is 4. The summed E-state index contributed by atoms with van der Waals surface area (Å²) < 4.78 is 44.8. The van der Waals surface area contributed by atoms with E-state index in [2.05, 4.69) is 5.32 Å². The van der Waals surface area contributed by atoms with E-state index in [9.17, 15) is 33.3 Å². The Balaban J connectivity index is 0.00000306. The number of halogens is 5. The highest BCUT2D eigenvalue weighted by atomic mass is 35.5. The Morgan fingerprint density at radius 2 is 1.88 bits per heavy atom. The van der Waals surface area contributed by atoms with E-state index in [4.69, 9.17) is 16.0 Å². The van der Waals surface area contributed by atoms with Crippen molar-refractivity contribution in [2.45, 2.75) is 31.0 Å². The summed E-state index contributed by atoms with van der Waals surface area (Å²) in [6.07, 6.45) is -3.62. The van der Waals surface area contributed by atoms with Gasteiger partial charge in [0.2, 0.25) is 0 Å². The van der Waals surface area contributed by atoms with Gasteiger partial charge in [-0.25, -0.2) is 0 Å². The van der Waals surface area contributed by atoms with Crippen LogP contribution >= 0.6 is 24.0 Å². The van der Waals surface area contributed by atoms with Crippen LogP contribution in [0.5, 0.6) is 11.5 Å². The summed E-state index contributed by atoms with van der Waals surface area (Å²) >= 11 is 6.07. The van der Waals surface area contributed by atoms with Crippen LogP contribution < -0.4 is 10.7 Å². The summed E-state index contributed by atoms with van der Waals surface area (Å²) in [5.74, 6) is -1.20. The topological polar surface area (TPSA) is 103 Å². The molecule has 4 N–H and O–H groups in total. The summed E-state index contributed by atoms with van der Waals surface area (Å²) in [5, 5.41) is 33.0. The van der Waals surface area contributed by atoms with Crippen LogP contribution in [0.3, 0.4) is 0 Å². The van der Waals surface area contributed by atoms with Crippen LogP contribution in [0.4, 0.5) is 13.2 Å². The van der Waals surface area contributed by atoms with Gasteiger partial charge in [-0.15, -0.1) is 12.4 Å². The number of phenolic OH excluding ortho intramolecular Hbond substituents is 2. The number of phenols is 2. The van der Waals surface area contributed by atoms with Crippen molar-refractivity contribution in [1.29, 1.82) is 0 Å². The fraction of sp³-hybridized carbons (Fsp3) is 0.318. The molecule has 0 radical (unpaired) electrons. The first kappa shape index (κ1) is 25.2. The maximum absolute atomic E-state index is 13.0. The summed E-state index contributed by atoms with van der Waals surface area (Å²) in [6, 6.07) is 4.55. The Morgan fingerprint density at radius 1 is 1.15 bits per heavy atom. The molecule has 0 amide bonds. The van der Waals surface area contributed by atoms with Gasteiger partial charge in [0.05, 0.1) is 10.6 Å². The lowest BCUT2D eigenvalue weighted by Gasteiger charge is -2.21. The molecular weight excluding hydrogens is 486 g/mol. The van der Waals surface area contributed by atoms with Crippen molar-refractivity contribution in [3.8, 4) is 22.8 Å². The van der Waals surface area contributed by atoms with Crippen molar-refractivity contribution in [1.82, 2.24) is 5.32 Å². The Bertz CT molecular complexity index is 1250. The monoisotopic (exact) mass is 505 g/mol. The Hall–Kier alpha value is -2.46. The van der Waals surface area contributed by atoms with Crippen molar-refractivity contribution in [2.75, 3.05) is 13.2 Å². The van der Waals surface area contributed by atoms with Gasteiger partial charge < -0.3 is 25.1 Å². The summed E-state index contributed by atoms with van der Waals surface area (Å²) in [5.41, 5.74) is -1.32. The molecule has 1 aliphatic heterocycles. The molecule has 0 spiro atoms. The van der Waals surface area contributed by atoms with Crippen molar-refractivity contribution in [3.05, 3.63) is 56.7 Å². The van der Waals surface area contributed by atoms with Gasteiger partial charge in [-0.3, -0.25) is 4.79 Å². The van der Waals surface area contributed by atoms with Crippen LogP contribution in [0.1, 0.15) is 29.9 Å². The quantitative estimate of drug-likeness (QED) is 0.406. The number of fused-ring (bicyclic) bond motifs is 1. The molecular formula is C22H20Cl2F3NO5. The zero-order chi connectivity index (χ0) is 23.2. The minimum atomic E-state index is -4.59. The van der Waals surface area contributed by atoms with Gasteiger partial charge in [0.25, 0.3) is 0 Å². The van der Waals surface area contributed by atoms with E-state index in [-0.39, 0.29) is 69.6 Å². The van der Waals surface area contributed by atoms with Gasteiger partial charge in [0.1, 0.15) is 28.2 Å². The van der Waals surface area contributed by atoms with Gasteiger partial charge in [-0.05, 0) is 37.6 Å². The highest BCUT2D eigenvalue weighted by Crippen LogP contribution is 2.44. The average molecular weight is 506 g/mol. The molecule has 0 saturated carbocycles. The predicted molar refractivity (Wildman–Crippen MR) is 119 cm³/mol. The molecule has 33 heavy (non-hydrogen) atoms. The molecule has 3 aromatic rings. The number of benzene rings is 2. The number of aliphatic hydroxyl groups is 1. The van der Waals surface area contributed by atoms with Gasteiger partial charge in [-0.1, -0.05) is 11.6 Å². The zero-order valence-corrected chi connectivity index (χ0v) is 18.5. The van der Waals surface area contributed by atoms with Crippen LogP contribution in [-0.4, -0.2) is 34.5 Å². The number of aromatic hydroxyl groups is 2. The van der Waals surface area contributed by atoms with Crippen molar-refractivity contribution >= 4 is 35.0 Å². The second-order valence-corrected chi connectivity index (χ2v) is 8.08. The second-order valence-electron chi connectivity index (χ2n) is 7.67. The van der Waals surface area contributed by atoms with Crippen molar-refractivity contribution < 1.29 is 32.9 Å². The first-order chi connectivity index (χ1) is 15.1. The van der Waals surface area contributed by atoms with Crippen LogP contribution in [0.15, 0.2) is 39.5 Å². The lowest BCUT2D eigenvalue weighted by molar-refractivity contribution is -0.137. The molecule has 0 aliphatic carbocycles. The minimum Gasteiger partial charge on any atom is -0.507 e. The molecule has 1 aliphatic rings. The van der Waals surface area contributed by atoms with Gasteiger partial charge in [0, 0.05) is 41.8 Å². The van der Waals surface area contributed by atoms with E-state index in [1.807, 2.05) is 0 Å². The van der Waals surface area contributed by atoms with Crippen LogP contribution in [0, 0.1) is 0 Å². The third kappa shape index (κ3) is 4.63. The second kappa shape index (κ2) is 9.42. The fourth-order valence-corrected chi connectivity index (χ4v) is 4.53.